The molecule has 7 nitrogen and oxygen atoms in total. The van der Waals surface area contributed by atoms with E-state index < -0.39 is 28.7 Å². The lowest BCUT2D eigenvalue weighted by Gasteiger charge is -2.34. The fraction of sp³-hybridized carbons (Fsp3) is 0.238. The van der Waals surface area contributed by atoms with Crippen molar-refractivity contribution in [1.82, 2.24) is 10.1 Å². The molecule has 1 aliphatic heterocycles. The van der Waals surface area contributed by atoms with Crippen molar-refractivity contribution in [2.24, 2.45) is 16.6 Å². The van der Waals surface area contributed by atoms with Gasteiger partial charge in [0.15, 0.2) is 5.17 Å². The van der Waals surface area contributed by atoms with Crippen LogP contribution in [0.3, 0.4) is 0 Å². The minimum absolute atomic E-state index is 0.0143. The van der Waals surface area contributed by atoms with E-state index in [2.05, 4.69) is 20.4 Å². The van der Waals surface area contributed by atoms with Crippen LogP contribution in [-0.2, 0) is 10.3 Å². The van der Waals surface area contributed by atoms with Crippen molar-refractivity contribution in [3.63, 3.8) is 0 Å². The summed E-state index contributed by atoms with van der Waals surface area (Å²) in [4.78, 5) is 20.9. The lowest BCUT2D eigenvalue weighted by Crippen LogP contribution is -2.39. The van der Waals surface area contributed by atoms with Gasteiger partial charge in [-0.15, -0.1) is 0 Å². The van der Waals surface area contributed by atoms with Crippen LogP contribution in [0.4, 0.5) is 14.5 Å². The molecule has 1 saturated carbocycles. The minimum Gasteiger partial charge on any atom is -0.378 e. The molecule has 1 amide bonds. The number of alkyl halides is 1. The van der Waals surface area contributed by atoms with Gasteiger partial charge in [-0.1, -0.05) is 28.5 Å². The highest BCUT2D eigenvalue weighted by molar-refractivity contribution is 8.14. The first-order valence-corrected chi connectivity index (χ1v) is 10.8. The van der Waals surface area contributed by atoms with E-state index >= 15 is 4.39 Å². The number of fused-ring (bicyclic) bond motifs is 1. The Balaban J connectivity index is 1.51. The first-order chi connectivity index (χ1) is 15.4. The van der Waals surface area contributed by atoms with Gasteiger partial charge in [0, 0.05) is 29.4 Å². The van der Waals surface area contributed by atoms with Gasteiger partial charge in [-0.3, -0.25) is 4.79 Å². The number of anilines is 1. The molecule has 3 N–H and O–H groups in total. The molecule has 2 aromatic heterocycles. The Hall–Kier alpha value is -2.98. The van der Waals surface area contributed by atoms with Gasteiger partial charge in [0.25, 0.3) is 5.91 Å². The van der Waals surface area contributed by atoms with Gasteiger partial charge in [-0.2, -0.15) is 0 Å². The number of nitrogens with one attached hydrogen (secondary N) is 1. The van der Waals surface area contributed by atoms with Crippen molar-refractivity contribution >= 4 is 40.1 Å². The molecule has 5 rings (SSSR count). The van der Waals surface area contributed by atoms with E-state index in [1.807, 2.05) is 0 Å². The Morgan fingerprint density at radius 3 is 2.88 bits per heavy atom. The lowest BCUT2D eigenvalue weighted by molar-refractivity contribution is 0.102. The molecular formula is C21H16ClF2N5O2S. The fourth-order valence-corrected chi connectivity index (χ4v) is 5.74. The number of benzene rings is 1. The molecule has 1 unspecified atom stereocenters. The molecule has 164 valence electrons. The highest BCUT2D eigenvalue weighted by Gasteiger charge is 2.70. The zero-order valence-corrected chi connectivity index (χ0v) is 18.0. The second-order valence-corrected chi connectivity index (χ2v) is 9.44. The summed E-state index contributed by atoms with van der Waals surface area (Å²) in [5, 5.41) is 7.19. The molecule has 0 saturated heterocycles. The highest BCUT2D eigenvalue weighted by atomic mass is 35.5. The minimum atomic E-state index is -1.54. The van der Waals surface area contributed by atoms with Crippen molar-refractivity contribution in [3.8, 4) is 0 Å². The third-order valence-corrected chi connectivity index (χ3v) is 7.36. The van der Waals surface area contributed by atoms with Gasteiger partial charge in [0.2, 0.25) is 0 Å². The molecular weight excluding hydrogens is 460 g/mol. The molecule has 0 radical (unpaired) electrons. The number of carbonyl (C=O) groups excluding carboxylic acids is 1. The van der Waals surface area contributed by atoms with Gasteiger partial charge in [-0.25, -0.2) is 18.8 Å². The molecule has 1 aliphatic carbocycles. The van der Waals surface area contributed by atoms with Gasteiger partial charge >= 0.3 is 0 Å². The summed E-state index contributed by atoms with van der Waals surface area (Å²) >= 11 is 7.08. The third kappa shape index (κ3) is 3.25. The molecule has 1 fully saturated rings. The van der Waals surface area contributed by atoms with Crippen LogP contribution in [0.15, 0.2) is 58.4 Å². The van der Waals surface area contributed by atoms with Gasteiger partial charge in [-0.05, 0) is 36.8 Å². The number of rotatable bonds is 5. The zero-order valence-electron chi connectivity index (χ0n) is 16.4. The van der Waals surface area contributed by atoms with Crippen LogP contribution in [0.5, 0.6) is 0 Å². The maximum atomic E-state index is 15.0. The molecule has 2 aliphatic rings. The number of nitrogens with two attached hydrogens (primary N) is 1. The summed E-state index contributed by atoms with van der Waals surface area (Å²) in [6, 6.07) is 8.64. The van der Waals surface area contributed by atoms with Crippen LogP contribution in [0.25, 0.3) is 0 Å². The molecule has 3 atom stereocenters. The summed E-state index contributed by atoms with van der Waals surface area (Å²) < 4.78 is 34.0. The molecule has 0 spiro atoms. The number of halogens is 3. The Kier molecular flexibility index (Phi) is 4.94. The number of hydrogen-bond acceptors (Lipinski definition) is 7. The van der Waals surface area contributed by atoms with E-state index in [4.69, 9.17) is 21.9 Å². The normalized spacial score (nSPS) is 26.2. The Morgan fingerprint density at radius 2 is 2.19 bits per heavy atom. The van der Waals surface area contributed by atoms with Gasteiger partial charge in [0.05, 0.1) is 9.77 Å². The number of hydrogen-bond donors (Lipinski definition) is 2. The predicted octanol–water partition coefficient (Wildman–Crippen LogP) is 4.26. The number of aliphatic imine (C=N–C) groups is 1. The second kappa shape index (κ2) is 7.56. The average molecular weight is 476 g/mol. The van der Waals surface area contributed by atoms with Crippen LogP contribution in [0, 0.1) is 11.7 Å². The summed E-state index contributed by atoms with van der Waals surface area (Å²) in [5.41, 5.74) is 5.55. The smallest absolute Gasteiger partial charge is 0.274 e. The Labute approximate surface area is 190 Å². The summed E-state index contributed by atoms with van der Waals surface area (Å²) in [6.07, 6.45) is 3.28. The van der Waals surface area contributed by atoms with Crippen molar-refractivity contribution < 1.29 is 18.1 Å². The van der Waals surface area contributed by atoms with Crippen molar-refractivity contribution in [2.45, 2.75) is 16.7 Å². The fourth-order valence-electron chi connectivity index (χ4n) is 4.24. The number of thioether (sulfide) groups is 1. The van der Waals surface area contributed by atoms with Crippen LogP contribution in [0.2, 0.25) is 5.02 Å². The topological polar surface area (TPSA) is 106 Å². The molecule has 3 heterocycles. The molecule has 32 heavy (non-hydrogen) atoms. The summed E-state index contributed by atoms with van der Waals surface area (Å²) in [5.74, 6) is -1.55. The third-order valence-electron chi connectivity index (χ3n) is 5.81. The Bertz CT molecular complexity index is 1220. The van der Waals surface area contributed by atoms with E-state index in [0.29, 0.717) is 17.1 Å². The van der Waals surface area contributed by atoms with E-state index in [1.165, 1.54) is 54.6 Å². The van der Waals surface area contributed by atoms with Crippen molar-refractivity contribution in [1.29, 1.82) is 0 Å². The first-order valence-electron chi connectivity index (χ1n) is 9.62. The quantitative estimate of drug-likeness (QED) is 0.571. The second-order valence-electron chi connectivity index (χ2n) is 7.65. The number of carbonyl (C=O) groups is 1. The lowest BCUT2D eigenvalue weighted by atomic mass is 9.84. The van der Waals surface area contributed by atoms with Crippen LogP contribution >= 0.6 is 23.4 Å². The van der Waals surface area contributed by atoms with Crippen molar-refractivity contribution in [3.05, 3.63) is 76.6 Å². The van der Waals surface area contributed by atoms with Crippen LogP contribution < -0.4 is 11.1 Å². The van der Waals surface area contributed by atoms with E-state index in [-0.39, 0.29) is 28.0 Å². The van der Waals surface area contributed by atoms with E-state index in [0.717, 1.165) is 0 Å². The standard InChI is InChI=1S/C21H16ClF2N5O2S/c22-11-1-4-15(26-9-11)18(30)27-12-2-3-14(24)13(7-12)20(10-23)16-8-21(16,32-19(25)28-20)17-5-6-31-29-17/h1-7,9,16H,8,10H2,(H2,25,28)(H,27,30)/t16?,20-,21+/m1/s1. The molecule has 3 aromatic rings. The number of amides is 1. The Morgan fingerprint density at radius 1 is 1.34 bits per heavy atom. The number of amidine groups is 1. The maximum absolute atomic E-state index is 15.0. The first kappa shape index (κ1) is 20.9. The van der Waals surface area contributed by atoms with Crippen LogP contribution in [-0.4, -0.2) is 27.9 Å². The maximum Gasteiger partial charge on any atom is 0.274 e. The monoisotopic (exact) mass is 475 g/mol. The summed E-state index contributed by atoms with van der Waals surface area (Å²) in [7, 11) is 0. The van der Waals surface area contributed by atoms with Crippen LogP contribution in [0.1, 0.15) is 28.2 Å². The van der Waals surface area contributed by atoms with Gasteiger partial charge in [0.1, 0.15) is 35.7 Å². The average Bonchev–Trinajstić information content (AvgIpc) is 3.26. The molecule has 1 aromatic carbocycles. The van der Waals surface area contributed by atoms with Gasteiger partial charge < -0.3 is 15.6 Å². The number of pyridine rings is 1. The van der Waals surface area contributed by atoms with E-state index in [1.54, 1.807) is 6.07 Å². The largest absolute Gasteiger partial charge is 0.378 e. The zero-order chi connectivity index (χ0) is 22.5. The molecule has 11 heteroatoms. The highest BCUT2D eigenvalue weighted by Crippen LogP contribution is 2.71. The number of nitrogens with zero attached hydrogens (tertiary/aromatic N) is 3. The van der Waals surface area contributed by atoms with Crippen molar-refractivity contribution in [2.75, 3.05) is 12.0 Å². The number of aromatic nitrogens is 2. The molecule has 0 bridgehead atoms. The summed E-state index contributed by atoms with van der Waals surface area (Å²) in [6.45, 7) is -0.967. The SMILES string of the molecule is NC1=N[C@](CF)(c2cc(NC(=O)c3ccc(Cl)cn3)ccc2F)C2C[C@]2(c2ccon2)S1. The van der Waals surface area contributed by atoms with E-state index in [9.17, 15) is 9.18 Å². The predicted molar refractivity (Wildman–Crippen MR) is 117 cm³/mol.